The number of ether oxygens (including phenoxy) is 1. The standard InChI is InChI=1S/C33H31ClF3N3O2/c1-18-17-42-31-26(18)14-29(39-30(31)20-4-6-23(7-5-20)33(35,36)37)27(19-2-3-19)15-38-32(41)21-12-22-16-40(24-8-9-24)11-10-25(22)28(34)13-21/h4-7,10,12-14,16,18-19,24,27H,2-3,8-9,11,15,17H2,1H3,(H,38,41)/t18-,27+/m1/s1. The molecule has 1 aromatic heterocycles. The van der Waals surface area contributed by atoms with Crippen molar-refractivity contribution in [3.05, 3.63) is 80.3 Å². The van der Waals surface area contributed by atoms with Gasteiger partial charge in [-0.15, -0.1) is 0 Å². The van der Waals surface area contributed by atoms with Crippen LogP contribution in [0.25, 0.3) is 23.5 Å². The molecule has 218 valence electrons. The zero-order valence-corrected chi connectivity index (χ0v) is 23.9. The lowest BCUT2D eigenvalue weighted by Crippen LogP contribution is -2.38. The van der Waals surface area contributed by atoms with Gasteiger partial charge in [0, 0.05) is 64.6 Å². The molecule has 2 atom stereocenters. The van der Waals surface area contributed by atoms with E-state index in [0.29, 0.717) is 52.7 Å². The summed E-state index contributed by atoms with van der Waals surface area (Å²) in [7, 11) is 0. The van der Waals surface area contributed by atoms with Crippen LogP contribution >= 0.6 is 11.6 Å². The zero-order valence-electron chi connectivity index (χ0n) is 23.2. The minimum Gasteiger partial charge on any atom is -0.490 e. The fraction of sp³-hybridized carbons (Fsp3) is 0.394. The molecule has 0 bridgehead atoms. The van der Waals surface area contributed by atoms with Crippen LogP contribution in [0, 0.1) is 5.92 Å². The van der Waals surface area contributed by atoms with Gasteiger partial charge in [-0.3, -0.25) is 4.79 Å². The Labute approximate surface area is 247 Å². The molecule has 0 unspecified atom stereocenters. The van der Waals surface area contributed by atoms with Crippen molar-refractivity contribution < 1.29 is 22.7 Å². The van der Waals surface area contributed by atoms with Crippen LogP contribution in [0.2, 0.25) is 5.02 Å². The second-order valence-corrected chi connectivity index (χ2v) is 12.4. The SMILES string of the molecule is C[C@@H]1COc2c1cc([C@@H](CNC(=O)c1cc(Cl)c3c(c1)=CN(C1CC1)CC=3)C1CC1)nc2-c1ccc(C(F)(F)F)cc1. The molecule has 2 aliphatic heterocycles. The third kappa shape index (κ3) is 5.26. The average Bonchev–Trinajstić information content (AvgIpc) is 3.91. The van der Waals surface area contributed by atoms with E-state index in [1.807, 2.05) is 6.07 Å². The summed E-state index contributed by atoms with van der Waals surface area (Å²) in [6, 6.07) is 11.3. The highest BCUT2D eigenvalue weighted by molar-refractivity contribution is 6.31. The maximum atomic E-state index is 13.4. The van der Waals surface area contributed by atoms with E-state index in [1.165, 1.54) is 25.0 Å². The van der Waals surface area contributed by atoms with E-state index in [4.69, 9.17) is 21.3 Å². The van der Waals surface area contributed by atoms with Gasteiger partial charge in [-0.25, -0.2) is 4.98 Å². The smallest absolute Gasteiger partial charge is 0.416 e. The number of aromatic nitrogens is 1. The molecular formula is C33H31ClF3N3O2. The Morgan fingerprint density at radius 1 is 1.14 bits per heavy atom. The summed E-state index contributed by atoms with van der Waals surface area (Å²) >= 11 is 6.60. The van der Waals surface area contributed by atoms with Gasteiger partial charge in [0.1, 0.15) is 11.4 Å². The van der Waals surface area contributed by atoms with E-state index >= 15 is 0 Å². The lowest BCUT2D eigenvalue weighted by atomic mass is 9.93. The largest absolute Gasteiger partial charge is 0.490 e. The van der Waals surface area contributed by atoms with Crippen LogP contribution in [-0.4, -0.2) is 41.5 Å². The molecule has 2 fully saturated rings. The Morgan fingerprint density at radius 3 is 2.60 bits per heavy atom. The Hall–Kier alpha value is -3.52. The number of hydrogen-bond donors (Lipinski definition) is 1. The Kier molecular flexibility index (Phi) is 6.72. The second-order valence-electron chi connectivity index (χ2n) is 12.0. The number of rotatable bonds is 7. The summed E-state index contributed by atoms with van der Waals surface area (Å²) in [5.74, 6) is 0.907. The van der Waals surface area contributed by atoms with Gasteiger partial charge >= 0.3 is 6.18 Å². The molecule has 0 saturated heterocycles. The molecule has 0 spiro atoms. The number of pyridine rings is 1. The first-order valence-electron chi connectivity index (χ1n) is 14.6. The van der Waals surface area contributed by atoms with Gasteiger partial charge in [-0.05, 0) is 72.4 Å². The quantitative estimate of drug-likeness (QED) is 0.374. The summed E-state index contributed by atoms with van der Waals surface area (Å²) in [4.78, 5) is 20.7. The number of halogens is 4. The normalized spacial score (nSPS) is 20.1. The maximum absolute atomic E-state index is 13.4. The van der Waals surface area contributed by atoms with Crippen molar-refractivity contribution in [2.45, 2.75) is 56.7 Å². The van der Waals surface area contributed by atoms with Crippen LogP contribution in [0.15, 0.2) is 42.5 Å². The number of carbonyl (C=O) groups is 1. The summed E-state index contributed by atoms with van der Waals surface area (Å²) in [5, 5.41) is 5.62. The summed E-state index contributed by atoms with van der Waals surface area (Å²) in [6.45, 7) is 3.79. The lowest BCUT2D eigenvalue weighted by Gasteiger charge is -2.21. The number of nitrogens with zero attached hydrogens (tertiary/aromatic N) is 2. The fourth-order valence-electron chi connectivity index (χ4n) is 6.09. The minimum atomic E-state index is -4.41. The van der Waals surface area contributed by atoms with Crippen molar-refractivity contribution in [2.24, 2.45) is 5.92 Å². The van der Waals surface area contributed by atoms with Crippen LogP contribution in [0.5, 0.6) is 5.75 Å². The Balaban J connectivity index is 1.17. The van der Waals surface area contributed by atoms with E-state index in [-0.39, 0.29) is 17.7 Å². The molecule has 2 aromatic carbocycles. The number of amides is 1. The Bertz CT molecular complexity index is 1680. The van der Waals surface area contributed by atoms with Gasteiger partial charge in [0.15, 0.2) is 0 Å². The lowest BCUT2D eigenvalue weighted by molar-refractivity contribution is -0.137. The van der Waals surface area contributed by atoms with E-state index in [0.717, 1.165) is 53.2 Å². The molecule has 3 aromatic rings. The number of nitrogens with one attached hydrogen (secondary N) is 1. The van der Waals surface area contributed by atoms with Crippen LogP contribution in [0.1, 0.15) is 71.6 Å². The van der Waals surface area contributed by atoms with Gasteiger partial charge in [-0.2, -0.15) is 13.2 Å². The maximum Gasteiger partial charge on any atom is 0.416 e. The van der Waals surface area contributed by atoms with Gasteiger partial charge in [-0.1, -0.05) is 36.7 Å². The Morgan fingerprint density at radius 2 is 1.90 bits per heavy atom. The molecule has 2 aliphatic carbocycles. The fourth-order valence-corrected chi connectivity index (χ4v) is 6.39. The van der Waals surface area contributed by atoms with Gasteiger partial charge < -0.3 is 15.0 Å². The number of alkyl halides is 3. The van der Waals surface area contributed by atoms with E-state index in [2.05, 4.69) is 35.5 Å². The highest BCUT2D eigenvalue weighted by Crippen LogP contribution is 2.47. The van der Waals surface area contributed by atoms with E-state index in [9.17, 15) is 18.0 Å². The van der Waals surface area contributed by atoms with Crippen molar-refractivity contribution in [3.8, 4) is 17.0 Å². The van der Waals surface area contributed by atoms with Gasteiger partial charge in [0.2, 0.25) is 0 Å². The first-order valence-corrected chi connectivity index (χ1v) is 14.9. The number of benzene rings is 2. The van der Waals surface area contributed by atoms with Crippen molar-refractivity contribution in [1.82, 2.24) is 15.2 Å². The van der Waals surface area contributed by atoms with Crippen molar-refractivity contribution >= 4 is 29.8 Å². The molecular weight excluding hydrogens is 563 g/mol. The first-order chi connectivity index (χ1) is 20.2. The van der Waals surface area contributed by atoms with E-state index < -0.39 is 11.7 Å². The molecule has 1 N–H and O–H groups in total. The third-order valence-electron chi connectivity index (χ3n) is 8.82. The number of hydrogen-bond acceptors (Lipinski definition) is 4. The van der Waals surface area contributed by atoms with Crippen LogP contribution in [-0.2, 0) is 6.18 Å². The summed E-state index contributed by atoms with van der Waals surface area (Å²) in [5.41, 5.74) is 2.77. The number of fused-ring (bicyclic) bond motifs is 2. The highest BCUT2D eigenvalue weighted by Gasteiger charge is 2.36. The predicted octanol–water partition coefficient (Wildman–Crippen LogP) is 5.84. The molecule has 0 radical (unpaired) electrons. The molecule has 9 heteroatoms. The number of carbonyl (C=O) groups excluding carboxylic acids is 1. The molecule has 1 amide bonds. The molecule has 5 nitrogen and oxygen atoms in total. The minimum absolute atomic E-state index is 0.0291. The summed E-state index contributed by atoms with van der Waals surface area (Å²) < 4.78 is 45.6. The zero-order chi connectivity index (χ0) is 29.2. The van der Waals surface area contributed by atoms with Crippen LogP contribution in [0.4, 0.5) is 13.2 Å². The molecule has 7 rings (SSSR count). The van der Waals surface area contributed by atoms with Gasteiger partial charge in [0.25, 0.3) is 5.91 Å². The van der Waals surface area contributed by atoms with Crippen LogP contribution in [0.3, 0.4) is 0 Å². The van der Waals surface area contributed by atoms with Crippen LogP contribution < -0.4 is 20.5 Å². The second kappa shape index (κ2) is 10.3. The summed E-state index contributed by atoms with van der Waals surface area (Å²) in [6.07, 6.45) is 4.28. The van der Waals surface area contributed by atoms with Crippen molar-refractivity contribution in [3.63, 3.8) is 0 Å². The molecule has 42 heavy (non-hydrogen) atoms. The van der Waals surface area contributed by atoms with Gasteiger partial charge in [0.05, 0.1) is 12.2 Å². The average molecular weight is 594 g/mol. The molecule has 2 saturated carbocycles. The van der Waals surface area contributed by atoms with Crippen molar-refractivity contribution in [2.75, 3.05) is 19.7 Å². The molecule has 3 heterocycles. The third-order valence-corrected chi connectivity index (χ3v) is 9.13. The predicted molar refractivity (Wildman–Crippen MR) is 156 cm³/mol. The molecule has 4 aliphatic rings. The topological polar surface area (TPSA) is 54.5 Å². The van der Waals surface area contributed by atoms with E-state index in [1.54, 1.807) is 6.07 Å². The monoisotopic (exact) mass is 593 g/mol. The van der Waals surface area contributed by atoms with Crippen molar-refractivity contribution in [1.29, 1.82) is 0 Å². The highest BCUT2D eigenvalue weighted by atomic mass is 35.5. The first kappa shape index (κ1) is 27.3.